The summed E-state index contributed by atoms with van der Waals surface area (Å²) in [6.07, 6.45) is 0.523. The van der Waals surface area contributed by atoms with Crippen molar-refractivity contribution in [2.24, 2.45) is 0 Å². The Bertz CT molecular complexity index is 478. The van der Waals surface area contributed by atoms with Crippen molar-refractivity contribution in [3.63, 3.8) is 0 Å². The molecule has 1 heterocycles. The first kappa shape index (κ1) is 15.6. The summed E-state index contributed by atoms with van der Waals surface area (Å²) in [5.41, 5.74) is 0. The SMILES string of the molecule is CC[C@@H](C)N(C)CCNC(=O)[C@@H]1COc2ccccc2O1. The highest BCUT2D eigenvalue weighted by molar-refractivity contribution is 5.81. The molecule has 0 radical (unpaired) electrons. The Morgan fingerprint density at radius 3 is 2.86 bits per heavy atom. The molecule has 5 nitrogen and oxygen atoms in total. The molecule has 0 aliphatic carbocycles. The van der Waals surface area contributed by atoms with E-state index in [4.69, 9.17) is 9.47 Å². The Balaban J connectivity index is 1.77. The van der Waals surface area contributed by atoms with Crippen molar-refractivity contribution in [3.05, 3.63) is 24.3 Å². The number of likely N-dealkylation sites (N-methyl/N-ethyl adjacent to an activating group) is 1. The molecule has 1 N–H and O–H groups in total. The molecule has 0 spiro atoms. The molecule has 2 atom stereocenters. The van der Waals surface area contributed by atoms with E-state index in [1.165, 1.54) is 0 Å². The van der Waals surface area contributed by atoms with Crippen LogP contribution in [0.4, 0.5) is 0 Å². The van der Waals surface area contributed by atoms with Gasteiger partial charge in [-0.3, -0.25) is 4.79 Å². The van der Waals surface area contributed by atoms with Crippen LogP contribution in [-0.4, -0.2) is 49.7 Å². The highest BCUT2D eigenvalue weighted by Gasteiger charge is 2.26. The quantitative estimate of drug-likeness (QED) is 0.866. The average molecular weight is 292 g/mol. The van der Waals surface area contributed by atoms with Crippen LogP contribution in [0, 0.1) is 0 Å². The Kier molecular flexibility index (Phi) is 5.44. The minimum atomic E-state index is -0.575. The van der Waals surface area contributed by atoms with Gasteiger partial charge in [-0.15, -0.1) is 0 Å². The maximum absolute atomic E-state index is 12.1. The van der Waals surface area contributed by atoms with Crippen LogP contribution in [0.25, 0.3) is 0 Å². The molecule has 0 fully saturated rings. The first-order valence-electron chi connectivity index (χ1n) is 7.48. The summed E-state index contributed by atoms with van der Waals surface area (Å²) in [5, 5.41) is 2.91. The molecule has 2 rings (SSSR count). The molecule has 116 valence electrons. The van der Waals surface area contributed by atoms with E-state index in [-0.39, 0.29) is 12.5 Å². The van der Waals surface area contributed by atoms with Crippen LogP contribution in [-0.2, 0) is 4.79 Å². The summed E-state index contributed by atoms with van der Waals surface area (Å²) < 4.78 is 11.2. The third-order valence-electron chi connectivity index (χ3n) is 3.91. The molecule has 5 heteroatoms. The number of nitrogens with one attached hydrogen (secondary N) is 1. The first-order chi connectivity index (χ1) is 10.1. The fraction of sp³-hybridized carbons (Fsp3) is 0.562. The molecule has 1 aromatic carbocycles. The normalized spacial score (nSPS) is 18.4. The second-order valence-corrected chi connectivity index (χ2v) is 5.39. The van der Waals surface area contributed by atoms with Gasteiger partial charge in [-0.05, 0) is 32.5 Å². The largest absolute Gasteiger partial charge is 0.485 e. The topological polar surface area (TPSA) is 50.8 Å². The highest BCUT2D eigenvalue weighted by atomic mass is 16.6. The number of fused-ring (bicyclic) bond motifs is 1. The van der Waals surface area contributed by atoms with Gasteiger partial charge in [0.05, 0.1) is 0 Å². The second kappa shape index (κ2) is 7.31. The lowest BCUT2D eigenvalue weighted by molar-refractivity contribution is -0.130. The van der Waals surface area contributed by atoms with Crippen LogP contribution >= 0.6 is 0 Å². The number of para-hydroxylation sites is 2. The molecule has 1 aliphatic heterocycles. The molecule has 0 aromatic heterocycles. The van der Waals surface area contributed by atoms with Crippen molar-refractivity contribution in [3.8, 4) is 11.5 Å². The predicted molar refractivity (Wildman–Crippen MR) is 81.7 cm³/mol. The molecular formula is C16H24N2O3. The molecule has 0 bridgehead atoms. The monoisotopic (exact) mass is 292 g/mol. The van der Waals surface area contributed by atoms with Gasteiger partial charge in [0, 0.05) is 19.1 Å². The molecule has 1 aliphatic rings. The van der Waals surface area contributed by atoms with E-state index in [1.54, 1.807) is 0 Å². The van der Waals surface area contributed by atoms with E-state index in [1.807, 2.05) is 24.3 Å². The lowest BCUT2D eigenvalue weighted by Gasteiger charge is -2.27. The standard InChI is InChI=1S/C16H24N2O3/c1-4-12(2)18(3)10-9-17-16(19)15-11-20-13-7-5-6-8-14(13)21-15/h5-8,12,15H,4,9-11H2,1-3H3,(H,17,19)/t12-,15+/m1/s1. The van der Waals surface area contributed by atoms with Crippen molar-refractivity contribution >= 4 is 5.91 Å². The van der Waals surface area contributed by atoms with Crippen LogP contribution < -0.4 is 14.8 Å². The van der Waals surface area contributed by atoms with Gasteiger partial charge in [0.1, 0.15) is 6.61 Å². The molecule has 1 amide bonds. The van der Waals surface area contributed by atoms with Crippen molar-refractivity contribution < 1.29 is 14.3 Å². The summed E-state index contributed by atoms with van der Waals surface area (Å²) in [4.78, 5) is 14.3. The fourth-order valence-corrected chi connectivity index (χ4v) is 2.15. The Morgan fingerprint density at radius 2 is 2.14 bits per heavy atom. The van der Waals surface area contributed by atoms with Crippen molar-refractivity contribution in [2.45, 2.75) is 32.4 Å². The van der Waals surface area contributed by atoms with Crippen LogP contribution in [0.2, 0.25) is 0 Å². The zero-order chi connectivity index (χ0) is 15.2. The Labute approximate surface area is 126 Å². The van der Waals surface area contributed by atoms with E-state index in [9.17, 15) is 4.79 Å². The van der Waals surface area contributed by atoms with Gasteiger partial charge < -0.3 is 19.7 Å². The van der Waals surface area contributed by atoms with Gasteiger partial charge in [-0.2, -0.15) is 0 Å². The minimum absolute atomic E-state index is 0.123. The molecule has 0 saturated carbocycles. The summed E-state index contributed by atoms with van der Waals surface area (Å²) in [7, 11) is 2.07. The van der Waals surface area contributed by atoms with E-state index in [0.29, 0.717) is 24.1 Å². The minimum Gasteiger partial charge on any atom is -0.485 e. The fourth-order valence-electron chi connectivity index (χ4n) is 2.15. The molecular weight excluding hydrogens is 268 g/mol. The number of rotatable bonds is 6. The van der Waals surface area contributed by atoms with Gasteiger partial charge in [-0.1, -0.05) is 19.1 Å². The molecule has 21 heavy (non-hydrogen) atoms. The summed E-state index contributed by atoms with van der Waals surface area (Å²) >= 11 is 0. The van der Waals surface area contributed by atoms with Crippen LogP contribution in [0.1, 0.15) is 20.3 Å². The molecule has 1 aromatic rings. The maximum Gasteiger partial charge on any atom is 0.264 e. The third kappa shape index (κ3) is 4.11. The lowest BCUT2D eigenvalue weighted by atomic mass is 10.2. The maximum atomic E-state index is 12.1. The molecule has 0 saturated heterocycles. The van der Waals surface area contributed by atoms with E-state index in [0.717, 1.165) is 13.0 Å². The van der Waals surface area contributed by atoms with Crippen molar-refractivity contribution in [1.82, 2.24) is 10.2 Å². The summed E-state index contributed by atoms with van der Waals surface area (Å²) in [6, 6.07) is 7.91. The number of amides is 1. The van der Waals surface area contributed by atoms with Gasteiger partial charge in [0.2, 0.25) is 6.10 Å². The zero-order valence-electron chi connectivity index (χ0n) is 13.0. The number of carbonyl (C=O) groups is 1. The number of nitrogens with zero attached hydrogens (tertiary/aromatic N) is 1. The number of benzene rings is 1. The second-order valence-electron chi connectivity index (χ2n) is 5.39. The van der Waals surface area contributed by atoms with Crippen molar-refractivity contribution in [1.29, 1.82) is 0 Å². The van der Waals surface area contributed by atoms with E-state index in [2.05, 4.69) is 31.1 Å². The Hall–Kier alpha value is -1.75. The third-order valence-corrected chi connectivity index (χ3v) is 3.91. The van der Waals surface area contributed by atoms with Crippen LogP contribution in [0.3, 0.4) is 0 Å². The smallest absolute Gasteiger partial charge is 0.264 e. The number of hydrogen-bond donors (Lipinski definition) is 1. The van der Waals surface area contributed by atoms with Crippen LogP contribution in [0.15, 0.2) is 24.3 Å². The number of hydrogen-bond acceptors (Lipinski definition) is 4. The van der Waals surface area contributed by atoms with Gasteiger partial charge in [0.25, 0.3) is 5.91 Å². The van der Waals surface area contributed by atoms with Gasteiger partial charge >= 0.3 is 0 Å². The zero-order valence-corrected chi connectivity index (χ0v) is 13.0. The average Bonchev–Trinajstić information content (AvgIpc) is 2.53. The predicted octanol–water partition coefficient (Wildman–Crippen LogP) is 1.67. The molecule has 0 unspecified atom stereocenters. The number of carbonyl (C=O) groups excluding carboxylic acids is 1. The number of ether oxygens (including phenoxy) is 2. The van der Waals surface area contributed by atoms with E-state index >= 15 is 0 Å². The summed E-state index contributed by atoms with van der Waals surface area (Å²) in [5.74, 6) is 1.20. The van der Waals surface area contributed by atoms with Crippen LogP contribution in [0.5, 0.6) is 11.5 Å². The Morgan fingerprint density at radius 1 is 1.43 bits per heavy atom. The van der Waals surface area contributed by atoms with E-state index < -0.39 is 6.10 Å². The van der Waals surface area contributed by atoms with Crippen molar-refractivity contribution in [2.75, 3.05) is 26.7 Å². The lowest BCUT2D eigenvalue weighted by Crippen LogP contribution is -2.46. The first-order valence-corrected chi connectivity index (χ1v) is 7.48. The van der Waals surface area contributed by atoms with Gasteiger partial charge in [0.15, 0.2) is 11.5 Å². The highest BCUT2D eigenvalue weighted by Crippen LogP contribution is 2.30. The van der Waals surface area contributed by atoms with Gasteiger partial charge in [-0.25, -0.2) is 0 Å². The summed E-state index contributed by atoms with van der Waals surface area (Å²) in [6.45, 7) is 6.03.